The molecule has 7 nitrogen and oxygen atoms in total. The third-order valence-corrected chi connectivity index (χ3v) is 4.80. The summed E-state index contributed by atoms with van der Waals surface area (Å²) in [7, 11) is 0. The molecule has 0 aliphatic carbocycles. The Balaban J connectivity index is 0.00000210. The number of ether oxygens (including phenoxy) is 2. The van der Waals surface area contributed by atoms with E-state index in [2.05, 4.69) is 33.6 Å². The van der Waals surface area contributed by atoms with Crippen LogP contribution in [0.2, 0.25) is 0 Å². The maximum absolute atomic E-state index is 5.42. The number of imidazole rings is 1. The van der Waals surface area contributed by atoms with Crippen LogP contribution in [-0.2, 0) is 13.0 Å². The number of rotatable bonds is 6. The zero-order valence-electron chi connectivity index (χ0n) is 15.0. The van der Waals surface area contributed by atoms with E-state index in [-0.39, 0.29) is 24.0 Å². The van der Waals surface area contributed by atoms with Crippen LogP contribution < -0.4 is 20.1 Å². The second-order valence-corrected chi connectivity index (χ2v) is 6.76. The van der Waals surface area contributed by atoms with Crippen LogP contribution in [0.5, 0.6) is 11.5 Å². The van der Waals surface area contributed by atoms with Crippen molar-refractivity contribution in [2.45, 2.75) is 19.9 Å². The van der Waals surface area contributed by atoms with Crippen LogP contribution in [0, 0.1) is 0 Å². The van der Waals surface area contributed by atoms with Crippen LogP contribution in [0.25, 0.3) is 4.96 Å². The molecule has 2 aromatic heterocycles. The highest BCUT2D eigenvalue weighted by atomic mass is 127. The number of fused-ring (bicyclic) bond motifs is 2. The number of thiazole rings is 1. The monoisotopic (exact) mass is 499 g/mol. The zero-order valence-corrected chi connectivity index (χ0v) is 18.1. The van der Waals surface area contributed by atoms with Gasteiger partial charge in [-0.1, -0.05) is 6.07 Å². The molecule has 1 aromatic carbocycles. The molecule has 0 spiro atoms. The largest absolute Gasteiger partial charge is 0.454 e. The van der Waals surface area contributed by atoms with Gasteiger partial charge in [-0.2, -0.15) is 0 Å². The van der Waals surface area contributed by atoms with Crippen molar-refractivity contribution in [1.82, 2.24) is 20.0 Å². The second-order valence-electron chi connectivity index (χ2n) is 5.88. The highest BCUT2D eigenvalue weighted by Gasteiger charge is 2.13. The van der Waals surface area contributed by atoms with E-state index in [1.54, 1.807) is 11.3 Å². The predicted octanol–water partition coefficient (Wildman–Crippen LogP) is 3.04. The van der Waals surface area contributed by atoms with E-state index in [0.717, 1.165) is 47.6 Å². The molecule has 27 heavy (non-hydrogen) atoms. The molecule has 4 rings (SSSR count). The molecule has 3 aromatic rings. The van der Waals surface area contributed by atoms with Gasteiger partial charge in [0.25, 0.3) is 0 Å². The summed E-state index contributed by atoms with van der Waals surface area (Å²) >= 11 is 1.63. The van der Waals surface area contributed by atoms with Gasteiger partial charge in [-0.15, -0.1) is 35.3 Å². The first kappa shape index (κ1) is 19.7. The van der Waals surface area contributed by atoms with E-state index in [4.69, 9.17) is 9.47 Å². The molecule has 0 saturated carbocycles. The molecule has 0 amide bonds. The molecule has 0 fully saturated rings. The minimum absolute atomic E-state index is 0. The number of halogens is 1. The normalized spacial score (nSPS) is 12.9. The Bertz CT molecular complexity index is 895. The van der Waals surface area contributed by atoms with Gasteiger partial charge in [-0.3, -0.25) is 4.40 Å². The number of hydrogen-bond donors (Lipinski definition) is 2. The summed E-state index contributed by atoms with van der Waals surface area (Å²) in [5.41, 5.74) is 2.16. The Hall–Kier alpha value is -2.01. The minimum Gasteiger partial charge on any atom is -0.454 e. The third-order valence-electron chi connectivity index (χ3n) is 4.03. The summed E-state index contributed by atoms with van der Waals surface area (Å²) in [5.74, 6) is 2.43. The van der Waals surface area contributed by atoms with Gasteiger partial charge in [0.05, 0.1) is 12.2 Å². The fraction of sp³-hybridized carbons (Fsp3) is 0.333. The molecule has 0 unspecified atom stereocenters. The van der Waals surface area contributed by atoms with E-state index in [9.17, 15) is 0 Å². The van der Waals surface area contributed by atoms with Crippen molar-refractivity contribution in [3.63, 3.8) is 0 Å². The van der Waals surface area contributed by atoms with E-state index < -0.39 is 0 Å². The van der Waals surface area contributed by atoms with Crippen molar-refractivity contribution in [2.75, 3.05) is 19.9 Å². The molecular weight excluding hydrogens is 477 g/mol. The number of nitrogens with one attached hydrogen (secondary N) is 2. The summed E-state index contributed by atoms with van der Waals surface area (Å²) in [4.78, 5) is 10.2. The highest BCUT2D eigenvalue weighted by molar-refractivity contribution is 14.0. The topological polar surface area (TPSA) is 72.2 Å². The van der Waals surface area contributed by atoms with E-state index in [1.165, 1.54) is 5.56 Å². The van der Waals surface area contributed by atoms with Gasteiger partial charge in [0.1, 0.15) is 0 Å². The van der Waals surface area contributed by atoms with Gasteiger partial charge in [0.15, 0.2) is 22.4 Å². The Morgan fingerprint density at radius 3 is 3.04 bits per heavy atom. The number of aliphatic imine (C=N–C) groups is 1. The fourth-order valence-electron chi connectivity index (χ4n) is 2.78. The van der Waals surface area contributed by atoms with Crippen LogP contribution in [0.1, 0.15) is 18.2 Å². The first-order valence-electron chi connectivity index (χ1n) is 8.63. The Kier molecular flexibility index (Phi) is 6.78. The van der Waals surface area contributed by atoms with Crippen molar-refractivity contribution in [3.05, 3.63) is 47.2 Å². The van der Waals surface area contributed by atoms with Crippen LogP contribution in [0.4, 0.5) is 0 Å². The van der Waals surface area contributed by atoms with Crippen LogP contribution in [0.3, 0.4) is 0 Å². The molecule has 0 atom stereocenters. The SMILES string of the molecule is CCNC(=NCc1cn2ccsc2n1)NCCc1ccc2c(c1)OCO2.I. The van der Waals surface area contributed by atoms with Crippen molar-refractivity contribution < 1.29 is 9.47 Å². The average Bonchev–Trinajstić information content (AvgIpc) is 3.35. The lowest BCUT2D eigenvalue weighted by molar-refractivity contribution is 0.174. The number of guanidine groups is 1. The first-order valence-corrected chi connectivity index (χ1v) is 9.51. The van der Waals surface area contributed by atoms with Gasteiger partial charge in [-0.25, -0.2) is 9.98 Å². The van der Waals surface area contributed by atoms with Crippen molar-refractivity contribution in [1.29, 1.82) is 0 Å². The number of benzene rings is 1. The molecular formula is C18H22IN5O2S. The Labute approximate surface area is 178 Å². The third kappa shape index (κ3) is 4.83. The van der Waals surface area contributed by atoms with Crippen LogP contribution in [0.15, 0.2) is 41.0 Å². The Morgan fingerprint density at radius 2 is 2.19 bits per heavy atom. The van der Waals surface area contributed by atoms with Gasteiger partial charge in [0.2, 0.25) is 6.79 Å². The second kappa shape index (κ2) is 9.27. The molecule has 2 N–H and O–H groups in total. The average molecular weight is 499 g/mol. The molecule has 1 aliphatic heterocycles. The van der Waals surface area contributed by atoms with Crippen LogP contribution >= 0.6 is 35.3 Å². The lowest BCUT2D eigenvalue weighted by Crippen LogP contribution is -2.38. The summed E-state index contributed by atoms with van der Waals surface area (Å²) in [6.45, 7) is 4.51. The molecule has 0 bridgehead atoms. The molecule has 0 radical (unpaired) electrons. The van der Waals surface area contributed by atoms with Gasteiger partial charge in [0, 0.05) is 30.9 Å². The lowest BCUT2D eigenvalue weighted by Gasteiger charge is -2.11. The van der Waals surface area contributed by atoms with E-state index in [0.29, 0.717) is 13.3 Å². The molecule has 144 valence electrons. The molecule has 0 saturated heterocycles. The van der Waals surface area contributed by atoms with Gasteiger partial charge < -0.3 is 20.1 Å². The van der Waals surface area contributed by atoms with Crippen molar-refractivity contribution in [3.8, 4) is 11.5 Å². The smallest absolute Gasteiger partial charge is 0.231 e. The summed E-state index contributed by atoms with van der Waals surface area (Å²) in [6.07, 6.45) is 4.90. The molecule has 3 heterocycles. The van der Waals surface area contributed by atoms with Crippen LogP contribution in [-0.4, -0.2) is 35.2 Å². The Morgan fingerprint density at radius 1 is 1.30 bits per heavy atom. The van der Waals surface area contributed by atoms with E-state index >= 15 is 0 Å². The highest BCUT2D eigenvalue weighted by Crippen LogP contribution is 2.32. The molecule has 9 heteroatoms. The zero-order chi connectivity index (χ0) is 17.8. The van der Waals surface area contributed by atoms with Gasteiger partial charge >= 0.3 is 0 Å². The maximum atomic E-state index is 5.42. The van der Waals surface area contributed by atoms with Crippen molar-refractivity contribution in [2.24, 2.45) is 4.99 Å². The predicted molar refractivity (Wildman–Crippen MR) is 118 cm³/mol. The number of hydrogen-bond acceptors (Lipinski definition) is 5. The number of nitrogens with zero attached hydrogens (tertiary/aromatic N) is 3. The first-order chi connectivity index (χ1) is 12.8. The minimum atomic E-state index is 0. The summed E-state index contributed by atoms with van der Waals surface area (Å²) in [6, 6.07) is 6.06. The van der Waals surface area contributed by atoms with E-state index in [1.807, 2.05) is 34.3 Å². The van der Waals surface area contributed by atoms with Crippen molar-refractivity contribution >= 4 is 46.2 Å². The standard InChI is InChI=1S/C18H21N5O2S.HI/c1-2-19-17(21-10-14-11-23-7-8-26-18(23)22-14)20-6-5-13-3-4-15-16(9-13)25-12-24-15;/h3-4,7-9,11H,2,5-6,10,12H2,1H3,(H2,19,20,21);1H. The molecule has 1 aliphatic rings. The lowest BCUT2D eigenvalue weighted by atomic mass is 10.1. The fourth-order valence-corrected chi connectivity index (χ4v) is 3.49. The summed E-state index contributed by atoms with van der Waals surface area (Å²) < 4.78 is 12.8. The maximum Gasteiger partial charge on any atom is 0.231 e. The number of aromatic nitrogens is 2. The van der Waals surface area contributed by atoms with Gasteiger partial charge in [-0.05, 0) is 31.0 Å². The quantitative estimate of drug-likeness (QED) is 0.310. The summed E-state index contributed by atoms with van der Waals surface area (Å²) in [5, 5.41) is 8.67.